The van der Waals surface area contributed by atoms with E-state index in [2.05, 4.69) is 99.3 Å². The number of rotatable bonds is 2. The van der Waals surface area contributed by atoms with Crippen LogP contribution in [0, 0.1) is 27.7 Å². The van der Waals surface area contributed by atoms with Crippen LogP contribution in [0.25, 0.3) is 5.57 Å². The Hall–Kier alpha value is -3.27. The van der Waals surface area contributed by atoms with Gasteiger partial charge in [0, 0.05) is 7.11 Å². The Morgan fingerprint density at radius 1 is 0.931 bits per heavy atom. The maximum absolute atomic E-state index is 4.88. The molecule has 0 atom stereocenters. The second-order valence-electron chi connectivity index (χ2n) is 7.94. The van der Waals surface area contributed by atoms with Gasteiger partial charge in [0.15, 0.2) is 0 Å². The zero-order valence-corrected chi connectivity index (χ0v) is 17.8. The van der Waals surface area contributed by atoms with E-state index < -0.39 is 0 Å². The molecular weight excluding hydrogens is 356 g/mol. The van der Waals surface area contributed by atoms with Crippen LogP contribution < -0.4 is 16.2 Å². The minimum atomic E-state index is 0. The number of nitrogens with one attached hydrogen (secondary N) is 3. The third-order valence-corrected chi connectivity index (χ3v) is 5.52. The molecule has 4 rings (SSSR count). The lowest BCUT2D eigenvalue weighted by Gasteiger charge is -2.23. The molecule has 0 bridgehead atoms. The van der Waals surface area contributed by atoms with Crippen molar-refractivity contribution in [2.75, 3.05) is 5.32 Å². The van der Waals surface area contributed by atoms with E-state index in [0.717, 1.165) is 29.1 Å². The fourth-order valence-corrected chi connectivity index (χ4v) is 4.07. The van der Waals surface area contributed by atoms with Crippen molar-refractivity contribution < 1.29 is 1.43 Å². The van der Waals surface area contributed by atoms with Gasteiger partial charge in [0.05, 0.1) is 11.4 Å². The van der Waals surface area contributed by atoms with Crippen LogP contribution in [0.15, 0.2) is 70.5 Å². The van der Waals surface area contributed by atoms with E-state index in [9.17, 15) is 0 Å². The highest BCUT2D eigenvalue weighted by Gasteiger charge is 2.19. The van der Waals surface area contributed by atoms with E-state index in [1.165, 1.54) is 33.4 Å². The number of nitrogens with zero attached hydrogens (tertiary/aromatic N) is 1. The largest absolute Gasteiger partial charge is 0.324 e. The van der Waals surface area contributed by atoms with Crippen molar-refractivity contribution in [3.05, 3.63) is 93.3 Å². The summed E-state index contributed by atoms with van der Waals surface area (Å²) in [7, 11) is 0. The molecule has 2 aromatic carbocycles. The van der Waals surface area contributed by atoms with E-state index in [4.69, 9.17) is 4.99 Å². The summed E-state index contributed by atoms with van der Waals surface area (Å²) in [6.07, 6.45) is 5.36. The highest BCUT2D eigenvalue weighted by Crippen LogP contribution is 2.32. The molecular formula is C25H30N4. The zero-order valence-electron chi connectivity index (χ0n) is 17.8. The Morgan fingerprint density at radius 2 is 1.69 bits per heavy atom. The van der Waals surface area contributed by atoms with Crippen molar-refractivity contribution in [2.45, 2.75) is 41.0 Å². The number of guanidine groups is 1. The summed E-state index contributed by atoms with van der Waals surface area (Å²) >= 11 is 0. The van der Waals surface area contributed by atoms with Gasteiger partial charge in [0.1, 0.15) is 0 Å². The molecule has 1 heterocycles. The standard InChI is InChI=1S/C25H28N4.H2/c1-15-9-11-21(18(4)13-15)26-25-27-24-19(5)14-20(10-12-22(24)28-29-25)23-16(2)7-6-8-17(23)3;/h6-9,11-14,28H,10H2,1-5H3,(H2,26,27,29);1H. The molecule has 1 aliphatic carbocycles. The van der Waals surface area contributed by atoms with Gasteiger partial charge in [-0.3, -0.25) is 10.9 Å². The first-order chi connectivity index (χ1) is 13.9. The number of benzene rings is 2. The van der Waals surface area contributed by atoms with Crippen molar-refractivity contribution in [1.29, 1.82) is 0 Å². The molecule has 0 amide bonds. The third-order valence-electron chi connectivity index (χ3n) is 5.52. The molecule has 0 unspecified atom stereocenters. The molecule has 3 N–H and O–H groups in total. The number of fused-ring (bicyclic) bond motifs is 1. The number of hydrogen-bond donors (Lipinski definition) is 3. The number of allylic oxidation sites excluding steroid dienone is 4. The fourth-order valence-electron chi connectivity index (χ4n) is 4.07. The van der Waals surface area contributed by atoms with E-state index in [0.29, 0.717) is 5.96 Å². The van der Waals surface area contributed by atoms with Gasteiger partial charge in [-0.2, -0.15) is 0 Å². The summed E-state index contributed by atoms with van der Waals surface area (Å²) in [5.74, 6) is 0.701. The van der Waals surface area contributed by atoms with E-state index in [1.54, 1.807) is 0 Å². The minimum Gasteiger partial charge on any atom is -0.324 e. The number of anilines is 1. The van der Waals surface area contributed by atoms with Crippen LogP contribution in [-0.4, -0.2) is 5.96 Å². The molecule has 0 radical (unpaired) electrons. The lowest BCUT2D eigenvalue weighted by atomic mass is 9.93. The van der Waals surface area contributed by atoms with Gasteiger partial charge in [0.25, 0.3) is 0 Å². The number of aryl methyl sites for hydroxylation is 4. The summed E-state index contributed by atoms with van der Waals surface area (Å²) in [6.45, 7) is 10.7. The van der Waals surface area contributed by atoms with Crippen LogP contribution in [0.5, 0.6) is 0 Å². The second kappa shape index (κ2) is 7.63. The zero-order chi connectivity index (χ0) is 20.5. The average molecular weight is 387 g/mol. The van der Waals surface area contributed by atoms with Crippen LogP contribution in [0.2, 0.25) is 0 Å². The van der Waals surface area contributed by atoms with Gasteiger partial charge in [-0.05, 0) is 80.5 Å². The minimum absolute atomic E-state index is 0. The fraction of sp³-hybridized carbons (Fsp3) is 0.240. The maximum atomic E-state index is 4.88. The van der Waals surface area contributed by atoms with Crippen LogP contribution in [0.4, 0.5) is 5.69 Å². The Balaban J connectivity index is 0.00000256. The molecule has 29 heavy (non-hydrogen) atoms. The third kappa shape index (κ3) is 3.83. The molecule has 0 saturated heterocycles. The molecule has 0 spiro atoms. The molecule has 150 valence electrons. The van der Waals surface area contributed by atoms with Crippen molar-refractivity contribution in [2.24, 2.45) is 4.99 Å². The Kier molecular flexibility index (Phi) is 5.01. The first kappa shape index (κ1) is 19.1. The van der Waals surface area contributed by atoms with Crippen molar-refractivity contribution in [1.82, 2.24) is 10.9 Å². The SMILES string of the molecule is CC1=C2N=C(Nc3ccc(C)cc3C)NNC2=CCC(c2c(C)cccc2C)=C1.[HH]. The molecule has 0 saturated carbocycles. The topological polar surface area (TPSA) is 48.5 Å². The predicted octanol–water partition coefficient (Wildman–Crippen LogP) is 5.69. The van der Waals surface area contributed by atoms with Crippen molar-refractivity contribution in [3.63, 3.8) is 0 Å². The number of aliphatic imine (C=N–C) groups is 1. The normalized spacial score (nSPS) is 16.0. The predicted molar refractivity (Wildman–Crippen MR) is 125 cm³/mol. The summed E-state index contributed by atoms with van der Waals surface area (Å²) < 4.78 is 0. The van der Waals surface area contributed by atoms with Crippen molar-refractivity contribution in [3.8, 4) is 0 Å². The molecule has 1 aliphatic heterocycles. The Labute approximate surface area is 174 Å². The lowest BCUT2D eigenvalue weighted by Crippen LogP contribution is -2.44. The Bertz CT molecular complexity index is 1090. The van der Waals surface area contributed by atoms with Gasteiger partial charge in [-0.15, -0.1) is 0 Å². The number of hydrogen-bond acceptors (Lipinski definition) is 4. The lowest BCUT2D eigenvalue weighted by molar-refractivity contribution is 0.738. The smallest absolute Gasteiger partial charge is 0.220 e. The molecule has 0 aromatic heterocycles. The van der Waals surface area contributed by atoms with E-state index in [-0.39, 0.29) is 1.43 Å². The second-order valence-corrected chi connectivity index (χ2v) is 7.94. The molecule has 0 fully saturated rings. The maximum Gasteiger partial charge on any atom is 0.220 e. The van der Waals surface area contributed by atoms with E-state index >= 15 is 0 Å². The van der Waals surface area contributed by atoms with Crippen LogP contribution in [0.3, 0.4) is 0 Å². The summed E-state index contributed by atoms with van der Waals surface area (Å²) in [4.78, 5) is 4.88. The molecule has 4 heteroatoms. The van der Waals surface area contributed by atoms with Gasteiger partial charge < -0.3 is 5.32 Å². The first-order valence-electron chi connectivity index (χ1n) is 10.1. The van der Waals surface area contributed by atoms with Gasteiger partial charge in [-0.25, -0.2) is 4.99 Å². The molecule has 2 aliphatic rings. The van der Waals surface area contributed by atoms with Crippen molar-refractivity contribution >= 4 is 17.2 Å². The van der Waals surface area contributed by atoms with Crippen LogP contribution >= 0.6 is 0 Å². The summed E-state index contributed by atoms with van der Waals surface area (Å²) in [6, 6.07) is 12.8. The van der Waals surface area contributed by atoms with Crippen LogP contribution in [0.1, 0.15) is 42.6 Å². The summed E-state index contributed by atoms with van der Waals surface area (Å²) in [5, 5.41) is 3.41. The van der Waals surface area contributed by atoms with Gasteiger partial charge in [0.2, 0.25) is 5.96 Å². The molecule has 2 aromatic rings. The van der Waals surface area contributed by atoms with Gasteiger partial charge in [-0.1, -0.05) is 48.0 Å². The summed E-state index contributed by atoms with van der Waals surface area (Å²) in [5.41, 5.74) is 18.4. The monoisotopic (exact) mass is 386 g/mol. The molecule has 4 nitrogen and oxygen atoms in total. The highest BCUT2D eigenvalue weighted by atomic mass is 15.5. The van der Waals surface area contributed by atoms with Crippen LogP contribution in [-0.2, 0) is 0 Å². The Morgan fingerprint density at radius 3 is 2.41 bits per heavy atom. The number of hydrazine groups is 1. The van der Waals surface area contributed by atoms with Gasteiger partial charge >= 0.3 is 0 Å². The van der Waals surface area contributed by atoms with E-state index in [1.807, 2.05) is 0 Å². The quantitative estimate of drug-likeness (QED) is 0.622. The highest BCUT2D eigenvalue weighted by molar-refractivity contribution is 5.96. The average Bonchev–Trinajstić information content (AvgIpc) is 2.83. The first-order valence-corrected chi connectivity index (χ1v) is 10.1.